The first-order valence-corrected chi connectivity index (χ1v) is 13.9. The topological polar surface area (TPSA) is 81.7 Å². The molecule has 5 aromatic rings. The molecule has 1 N–H and O–H groups in total. The molecule has 0 bridgehead atoms. The van der Waals surface area contributed by atoms with Crippen LogP contribution < -0.4 is 0 Å². The monoisotopic (exact) mass is 542 g/mol. The van der Waals surface area contributed by atoms with Crippen LogP contribution >= 0.6 is 11.6 Å². The van der Waals surface area contributed by atoms with Gasteiger partial charge in [-0.05, 0) is 39.1 Å². The summed E-state index contributed by atoms with van der Waals surface area (Å²) >= 11 is 6.32. The molecule has 0 saturated carbocycles. The highest BCUT2D eigenvalue weighted by Gasteiger charge is 2.17. The van der Waals surface area contributed by atoms with Crippen molar-refractivity contribution in [3.63, 3.8) is 0 Å². The number of hydrogen-bond acceptors (Lipinski definition) is 5. The van der Waals surface area contributed by atoms with Crippen LogP contribution in [0, 0.1) is 0 Å². The van der Waals surface area contributed by atoms with Gasteiger partial charge in [-0.1, -0.05) is 118 Å². The summed E-state index contributed by atoms with van der Waals surface area (Å²) in [5.41, 5.74) is 6.01. The third-order valence-electron chi connectivity index (χ3n) is 6.49. The molecule has 2 heterocycles. The molecule has 5 rings (SSSR count). The number of hydrogen-bond donors (Lipinski definition) is 1. The lowest BCUT2D eigenvalue weighted by molar-refractivity contribution is 0.271. The first-order valence-electron chi connectivity index (χ1n) is 13.5. The number of nitrogens with zero attached hydrogens (tertiary/aromatic N) is 6. The van der Waals surface area contributed by atoms with Gasteiger partial charge in [0.15, 0.2) is 11.0 Å². The van der Waals surface area contributed by atoms with Crippen molar-refractivity contribution in [1.82, 2.24) is 29.8 Å². The van der Waals surface area contributed by atoms with Crippen LogP contribution in [0.1, 0.15) is 56.3 Å². The van der Waals surface area contributed by atoms with Crippen LogP contribution in [0.25, 0.3) is 22.5 Å². The highest BCUT2D eigenvalue weighted by Crippen LogP contribution is 2.31. The minimum Gasteiger partial charge on any atom is -0.390 e. The zero-order chi connectivity index (χ0) is 27.6. The van der Waals surface area contributed by atoms with Crippen molar-refractivity contribution in [2.75, 3.05) is 0 Å². The summed E-state index contributed by atoms with van der Waals surface area (Å²) in [4.78, 5) is 4.51. The van der Waals surface area contributed by atoms with E-state index in [1.165, 1.54) is 0 Å². The maximum Gasteiger partial charge on any atom is 0.182 e. The molecule has 0 unspecified atom stereocenters. The van der Waals surface area contributed by atoms with E-state index in [0.29, 0.717) is 23.9 Å². The minimum atomic E-state index is -0.138. The summed E-state index contributed by atoms with van der Waals surface area (Å²) < 4.78 is 3.87. The number of aliphatic hydroxyl groups is 1. The molecule has 0 aliphatic heterocycles. The first kappa shape index (κ1) is 28.2. The first-order chi connectivity index (χ1) is 19.2. The Hall–Kier alpha value is -3.81. The smallest absolute Gasteiger partial charge is 0.182 e. The van der Waals surface area contributed by atoms with Gasteiger partial charge in [0.1, 0.15) is 5.82 Å². The highest BCUT2D eigenvalue weighted by molar-refractivity contribution is 6.30. The van der Waals surface area contributed by atoms with Gasteiger partial charge >= 0.3 is 0 Å². The maximum absolute atomic E-state index is 9.88. The van der Waals surface area contributed by atoms with Crippen LogP contribution in [-0.4, -0.2) is 34.9 Å². The Kier molecular flexibility index (Phi) is 10.00. The number of rotatable bonds is 10. The second kappa shape index (κ2) is 13.8. The fraction of sp³-hybridized carbons (Fsp3) is 0.290. The number of aromatic nitrogens is 6. The Labute approximate surface area is 235 Å². The predicted molar refractivity (Wildman–Crippen MR) is 156 cm³/mol. The summed E-state index contributed by atoms with van der Waals surface area (Å²) in [6.45, 7) is 7.21. The molecule has 202 valence electrons. The molecule has 2 aromatic heterocycles. The van der Waals surface area contributed by atoms with Crippen molar-refractivity contribution in [3.8, 4) is 22.5 Å². The van der Waals surface area contributed by atoms with Crippen LogP contribution in [-0.2, 0) is 26.1 Å². The third-order valence-corrected chi connectivity index (χ3v) is 6.79. The van der Waals surface area contributed by atoms with Gasteiger partial charge in [-0.3, -0.25) is 0 Å². The zero-order valence-electron chi connectivity index (χ0n) is 22.8. The SMILES string of the molecule is CC.CCCCc1nc(Cl)c(CO)n1Cc1ccc(-c2ccccc2-c2nnnn2Cc2ccccc2)cc1. The van der Waals surface area contributed by atoms with E-state index in [1.54, 1.807) is 0 Å². The van der Waals surface area contributed by atoms with E-state index in [4.69, 9.17) is 11.6 Å². The number of imidazole rings is 1. The molecule has 0 amide bonds. The summed E-state index contributed by atoms with van der Waals surface area (Å²) in [6, 6.07) is 26.8. The van der Waals surface area contributed by atoms with Gasteiger partial charge in [0.25, 0.3) is 0 Å². The summed E-state index contributed by atoms with van der Waals surface area (Å²) in [5, 5.41) is 22.8. The molecule has 3 aromatic carbocycles. The summed E-state index contributed by atoms with van der Waals surface area (Å²) in [6.07, 6.45) is 2.93. The molecule has 0 saturated heterocycles. The summed E-state index contributed by atoms with van der Waals surface area (Å²) in [5.74, 6) is 1.64. The van der Waals surface area contributed by atoms with Gasteiger partial charge in [0, 0.05) is 18.5 Å². The Bertz CT molecular complexity index is 1460. The average Bonchev–Trinajstić information content (AvgIpc) is 3.57. The molecule has 0 radical (unpaired) electrons. The van der Waals surface area contributed by atoms with Gasteiger partial charge in [-0.15, -0.1) is 5.10 Å². The second-order valence-electron chi connectivity index (χ2n) is 9.00. The van der Waals surface area contributed by atoms with E-state index < -0.39 is 0 Å². The molecule has 0 aliphatic carbocycles. The molecule has 0 aliphatic rings. The highest BCUT2D eigenvalue weighted by atomic mass is 35.5. The average molecular weight is 543 g/mol. The fourth-order valence-corrected chi connectivity index (χ4v) is 4.79. The van der Waals surface area contributed by atoms with E-state index in [9.17, 15) is 5.11 Å². The Morgan fingerprint density at radius 1 is 0.821 bits per heavy atom. The van der Waals surface area contributed by atoms with E-state index >= 15 is 0 Å². The zero-order valence-corrected chi connectivity index (χ0v) is 23.5. The number of benzene rings is 3. The number of unbranched alkanes of at least 4 members (excludes halogenated alkanes) is 1. The van der Waals surface area contributed by atoms with Crippen LogP contribution in [0.3, 0.4) is 0 Å². The normalized spacial score (nSPS) is 10.8. The lowest BCUT2D eigenvalue weighted by Gasteiger charge is -2.13. The van der Waals surface area contributed by atoms with Gasteiger partial charge in [-0.2, -0.15) is 0 Å². The number of tetrazole rings is 1. The Morgan fingerprint density at radius 3 is 2.18 bits per heavy atom. The molecule has 0 atom stereocenters. The van der Waals surface area contributed by atoms with Crippen LogP contribution in [0.4, 0.5) is 0 Å². The molecule has 39 heavy (non-hydrogen) atoms. The standard InChI is InChI=1S/C29H29ClN6O.C2H6/c1-2-3-13-27-31-28(30)26(20-37)35(27)18-22-14-16-23(17-15-22)24-11-7-8-12-25(24)29-32-33-34-36(29)19-21-9-5-4-6-10-21;1-2/h4-12,14-17,37H,2-3,13,18-20H2,1H3;1-2H3. The molecular formula is C31H35ClN6O. The van der Waals surface area contributed by atoms with Crippen LogP contribution in [0.15, 0.2) is 78.9 Å². The van der Waals surface area contributed by atoms with Gasteiger partial charge in [0.05, 0.1) is 18.8 Å². The third kappa shape index (κ3) is 6.61. The minimum absolute atomic E-state index is 0.138. The predicted octanol–water partition coefficient (Wildman–Crippen LogP) is 6.81. The quantitative estimate of drug-likeness (QED) is 0.209. The molecule has 8 heteroatoms. The Balaban J connectivity index is 0.00000172. The number of aliphatic hydroxyl groups excluding tert-OH is 1. The fourth-order valence-electron chi connectivity index (χ4n) is 4.53. The van der Waals surface area contributed by atoms with Crippen molar-refractivity contribution >= 4 is 11.6 Å². The van der Waals surface area contributed by atoms with E-state index in [-0.39, 0.29) is 6.61 Å². The van der Waals surface area contributed by atoms with Gasteiger partial charge in [0.2, 0.25) is 0 Å². The van der Waals surface area contributed by atoms with Crippen molar-refractivity contribution < 1.29 is 5.11 Å². The van der Waals surface area contributed by atoms with Gasteiger partial charge < -0.3 is 9.67 Å². The number of halogens is 1. The van der Waals surface area contributed by atoms with Crippen LogP contribution in [0.5, 0.6) is 0 Å². The maximum atomic E-state index is 9.88. The molecule has 7 nitrogen and oxygen atoms in total. The Morgan fingerprint density at radius 2 is 1.49 bits per heavy atom. The van der Waals surface area contributed by atoms with E-state index in [0.717, 1.165) is 58.7 Å². The molecule has 0 fully saturated rings. The second-order valence-corrected chi connectivity index (χ2v) is 9.36. The van der Waals surface area contributed by atoms with Crippen molar-refractivity contribution in [2.45, 2.75) is 59.7 Å². The molecular weight excluding hydrogens is 508 g/mol. The van der Waals surface area contributed by atoms with E-state index in [2.05, 4.69) is 76.0 Å². The van der Waals surface area contributed by atoms with Crippen LogP contribution in [0.2, 0.25) is 5.15 Å². The van der Waals surface area contributed by atoms with E-state index in [1.807, 2.05) is 53.4 Å². The lowest BCUT2D eigenvalue weighted by atomic mass is 9.98. The van der Waals surface area contributed by atoms with Crippen molar-refractivity contribution in [3.05, 3.63) is 107 Å². The van der Waals surface area contributed by atoms with Crippen molar-refractivity contribution in [2.24, 2.45) is 0 Å². The lowest BCUT2D eigenvalue weighted by Crippen LogP contribution is -2.09. The van der Waals surface area contributed by atoms with Gasteiger partial charge in [-0.25, -0.2) is 9.67 Å². The number of aryl methyl sites for hydroxylation is 1. The molecule has 0 spiro atoms. The van der Waals surface area contributed by atoms with Crippen molar-refractivity contribution in [1.29, 1.82) is 0 Å². The summed E-state index contributed by atoms with van der Waals surface area (Å²) in [7, 11) is 0. The largest absolute Gasteiger partial charge is 0.390 e.